The number of para-hydroxylation sites is 1. The average Bonchev–Trinajstić information content (AvgIpc) is 2.62. The van der Waals surface area contributed by atoms with Crippen LogP contribution in [0.2, 0.25) is 0 Å². The van der Waals surface area contributed by atoms with Gasteiger partial charge in [-0.2, -0.15) is 0 Å². The summed E-state index contributed by atoms with van der Waals surface area (Å²) in [4.78, 5) is 4.63. The second kappa shape index (κ2) is 6.62. The van der Waals surface area contributed by atoms with Gasteiger partial charge in [0.2, 0.25) is 0 Å². The van der Waals surface area contributed by atoms with E-state index >= 15 is 0 Å². The van der Waals surface area contributed by atoms with Crippen molar-refractivity contribution in [2.24, 2.45) is 0 Å². The molecule has 1 fully saturated rings. The average molecular weight is 318 g/mol. The number of aryl methyl sites for hydroxylation is 1. The van der Waals surface area contributed by atoms with Crippen LogP contribution in [0.5, 0.6) is 0 Å². The normalized spacial score (nSPS) is 20.9. The van der Waals surface area contributed by atoms with E-state index in [-0.39, 0.29) is 6.10 Å². The van der Waals surface area contributed by atoms with E-state index in [4.69, 9.17) is 4.74 Å². The summed E-state index contributed by atoms with van der Waals surface area (Å²) in [5.41, 5.74) is 4.53. The van der Waals surface area contributed by atoms with Crippen molar-refractivity contribution in [1.29, 1.82) is 0 Å². The highest BCUT2D eigenvalue weighted by Gasteiger charge is 2.24. The van der Waals surface area contributed by atoms with E-state index in [0.717, 1.165) is 30.7 Å². The number of rotatable bonds is 3. The molecule has 1 aromatic heterocycles. The van der Waals surface area contributed by atoms with Gasteiger partial charge in [0.1, 0.15) is 0 Å². The lowest BCUT2D eigenvalue weighted by molar-refractivity contribution is 0.00981. The van der Waals surface area contributed by atoms with Crippen LogP contribution in [0, 0.1) is 6.92 Å². The van der Waals surface area contributed by atoms with Gasteiger partial charge in [0.25, 0.3) is 0 Å². The van der Waals surface area contributed by atoms with Gasteiger partial charge in [-0.3, -0.25) is 4.98 Å². The summed E-state index contributed by atoms with van der Waals surface area (Å²) in [6.45, 7) is 2.84. The van der Waals surface area contributed by atoms with Crippen molar-refractivity contribution in [2.45, 2.75) is 31.9 Å². The molecule has 3 heteroatoms. The Hall–Kier alpha value is -2.39. The first kappa shape index (κ1) is 15.2. The van der Waals surface area contributed by atoms with Gasteiger partial charge >= 0.3 is 0 Å². The van der Waals surface area contributed by atoms with E-state index in [1.165, 1.54) is 16.6 Å². The number of hydrogen-bond donors (Lipinski definition) is 1. The monoisotopic (exact) mass is 318 g/mol. The van der Waals surface area contributed by atoms with Crippen LogP contribution in [-0.2, 0) is 4.74 Å². The Morgan fingerprint density at radius 1 is 1.04 bits per heavy atom. The smallest absolute Gasteiger partial charge is 0.0844 e. The zero-order valence-corrected chi connectivity index (χ0v) is 13.9. The predicted octanol–water partition coefficient (Wildman–Crippen LogP) is 4.88. The lowest BCUT2D eigenvalue weighted by Crippen LogP contribution is -2.30. The van der Waals surface area contributed by atoms with Gasteiger partial charge in [-0.1, -0.05) is 48.5 Å². The van der Waals surface area contributed by atoms with Crippen LogP contribution < -0.4 is 5.32 Å². The van der Waals surface area contributed by atoms with Crippen LogP contribution in [0.1, 0.15) is 30.2 Å². The molecule has 0 saturated carbocycles. The number of hydrogen-bond acceptors (Lipinski definition) is 3. The molecule has 24 heavy (non-hydrogen) atoms. The summed E-state index contributed by atoms with van der Waals surface area (Å²) >= 11 is 0. The minimum Gasteiger partial charge on any atom is -0.382 e. The van der Waals surface area contributed by atoms with Crippen molar-refractivity contribution in [1.82, 2.24) is 4.98 Å². The Morgan fingerprint density at radius 3 is 2.71 bits per heavy atom. The Bertz CT molecular complexity index is 832. The van der Waals surface area contributed by atoms with E-state index in [1.54, 1.807) is 0 Å². The number of nitrogens with one attached hydrogen (secondary N) is 1. The summed E-state index contributed by atoms with van der Waals surface area (Å²) in [5.74, 6) is 0. The number of aromatic nitrogens is 1. The van der Waals surface area contributed by atoms with Crippen LogP contribution in [0.4, 0.5) is 5.69 Å². The molecular formula is C21H22N2O. The van der Waals surface area contributed by atoms with Crippen molar-refractivity contribution in [2.75, 3.05) is 11.9 Å². The number of pyridine rings is 1. The Balaban J connectivity index is 1.57. The second-order valence-corrected chi connectivity index (χ2v) is 6.46. The molecule has 1 aliphatic heterocycles. The first-order valence-corrected chi connectivity index (χ1v) is 8.59. The maximum Gasteiger partial charge on any atom is 0.0844 e. The molecular weight excluding hydrogens is 296 g/mol. The molecule has 1 aliphatic rings. The molecule has 0 bridgehead atoms. The van der Waals surface area contributed by atoms with Crippen molar-refractivity contribution in [3.8, 4) is 0 Å². The quantitative estimate of drug-likeness (QED) is 0.747. The van der Waals surface area contributed by atoms with Crippen LogP contribution in [-0.4, -0.2) is 17.6 Å². The third-order valence-electron chi connectivity index (χ3n) is 4.66. The minimum atomic E-state index is 0.173. The van der Waals surface area contributed by atoms with Gasteiger partial charge in [-0.15, -0.1) is 0 Å². The SMILES string of the molecule is Cc1cc(NC2CCOC(c3ccccc3)C2)c2ccccc2n1. The summed E-state index contributed by atoms with van der Waals surface area (Å²) in [6.07, 6.45) is 2.19. The van der Waals surface area contributed by atoms with Crippen molar-refractivity contribution < 1.29 is 4.74 Å². The van der Waals surface area contributed by atoms with Gasteiger partial charge in [-0.05, 0) is 37.5 Å². The highest BCUT2D eigenvalue weighted by molar-refractivity contribution is 5.91. The van der Waals surface area contributed by atoms with Gasteiger partial charge in [0.15, 0.2) is 0 Å². The highest BCUT2D eigenvalue weighted by Crippen LogP contribution is 2.31. The highest BCUT2D eigenvalue weighted by atomic mass is 16.5. The van der Waals surface area contributed by atoms with Crippen molar-refractivity contribution in [3.05, 3.63) is 71.9 Å². The van der Waals surface area contributed by atoms with Crippen LogP contribution in [0.15, 0.2) is 60.7 Å². The fraction of sp³-hybridized carbons (Fsp3) is 0.286. The predicted molar refractivity (Wildman–Crippen MR) is 98.3 cm³/mol. The van der Waals surface area contributed by atoms with E-state index in [9.17, 15) is 0 Å². The largest absolute Gasteiger partial charge is 0.382 e. The zero-order valence-electron chi connectivity index (χ0n) is 13.9. The molecule has 0 radical (unpaired) electrons. The molecule has 1 saturated heterocycles. The molecule has 2 heterocycles. The second-order valence-electron chi connectivity index (χ2n) is 6.46. The Morgan fingerprint density at radius 2 is 1.83 bits per heavy atom. The molecule has 2 unspecified atom stereocenters. The molecule has 4 rings (SSSR count). The number of nitrogens with zero attached hydrogens (tertiary/aromatic N) is 1. The molecule has 0 spiro atoms. The van der Waals surface area contributed by atoms with Crippen LogP contribution in [0.3, 0.4) is 0 Å². The Labute approximate surface area is 142 Å². The minimum absolute atomic E-state index is 0.173. The fourth-order valence-electron chi connectivity index (χ4n) is 3.48. The van der Waals surface area contributed by atoms with E-state index < -0.39 is 0 Å². The summed E-state index contributed by atoms with van der Waals surface area (Å²) < 4.78 is 5.99. The lowest BCUT2D eigenvalue weighted by atomic mass is 9.97. The van der Waals surface area contributed by atoms with Gasteiger partial charge in [-0.25, -0.2) is 0 Å². The fourth-order valence-corrected chi connectivity index (χ4v) is 3.48. The molecule has 0 aliphatic carbocycles. The summed E-state index contributed by atoms with van der Waals surface area (Å²) in [5, 5.41) is 4.93. The van der Waals surface area contributed by atoms with Gasteiger partial charge in [0, 0.05) is 29.4 Å². The molecule has 122 valence electrons. The molecule has 2 atom stereocenters. The van der Waals surface area contributed by atoms with E-state index in [2.05, 4.69) is 58.8 Å². The van der Waals surface area contributed by atoms with Gasteiger partial charge < -0.3 is 10.1 Å². The van der Waals surface area contributed by atoms with E-state index in [1.807, 2.05) is 19.1 Å². The van der Waals surface area contributed by atoms with Crippen molar-refractivity contribution in [3.63, 3.8) is 0 Å². The molecule has 3 aromatic rings. The summed E-state index contributed by atoms with van der Waals surface area (Å²) in [7, 11) is 0. The zero-order chi connectivity index (χ0) is 16.4. The number of ether oxygens (including phenoxy) is 1. The topological polar surface area (TPSA) is 34.1 Å². The third kappa shape index (κ3) is 3.13. The van der Waals surface area contributed by atoms with Gasteiger partial charge in [0.05, 0.1) is 11.6 Å². The molecule has 1 N–H and O–H groups in total. The van der Waals surface area contributed by atoms with Crippen LogP contribution >= 0.6 is 0 Å². The number of fused-ring (bicyclic) bond motifs is 1. The summed E-state index contributed by atoms with van der Waals surface area (Å²) in [6, 6.07) is 21.4. The van der Waals surface area contributed by atoms with E-state index in [0.29, 0.717) is 6.04 Å². The van der Waals surface area contributed by atoms with Crippen molar-refractivity contribution >= 4 is 16.6 Å². The molecule has 3 nitrogen and oxygen atoms in total. The first-order valence-electron chi connectivity index (χ1n) is 8.59. The lowest BCUT2D eigenvalue weighted by Gasteiger charge is -2.31. The number of benzene rings is 2. The molecule has 2 aromatic carbocycles. The first-order chi connectivity index (χ1) is 11.8. The Kier molecular flexibility index (Phi) is 4.18. The van der Waals surface area contributed by atoms with Crippen LogP contribution in [0.25, 0.3) is 10.9 Å². The molecule has 0 amide bonds. The maximum absolute atomic E-state index is 5.99. The number of anilines is 1. The maximum atomic E-state index is 5.99. The third-order valence-corrected chi connectivity index (χ3v) is 4.66. The standard InChI is InChI=1S/C21H22N2O/c1-15-13-20(18-9-5-6-10-19(18)22-15)23-17-11-12-24-21(14-17)16-7-3-2-4-8-16/h2-10,13,17,21H,11-12,14H2,1H3,(H,22,23).